The molecule has 1 aromatic heterocycles. The van der Waals surface area contributed by atoms with Crippen molar-refractivity contribution in [2.45, 2.75) is 25.8 Å². The summed E-state index contributed by atoms with van der Waals surface area (Å²) in [6, 6.07) is 9.13. The number of aromatic nitrogens is 1. The largest absolute Gasteiger partial charge is 0.349 e. The molecule has 26 heavy (non-hydrogen) atoms. The summed E-state index contributed by atoms with van der Waals surface area (Å²) in [6.45, 7) is 3.82. The first-order valence-corrected chi connectivity index (χ1v) is 10.1. The predicted molar refractivity (Wildman–Crippen MR) is 98.9 cm³/mol. The fraction of sp³-hybridized carbons (Fsp3) is 0.389. The van der Waals surface area contributed by atoms with E-state index in [1.165, 1.54) is 6.20 Å². The molecule has 8 heteroatoms. The Balaban J connectivity index is 1.45. The van der Waals surface area contributed by atoms with Crippen molar-refractivity contribution in [1.82, 2.24) is 14.6 Å². The molecule has 0 radical (unpaired) electrons. The van der Waals surface area contributed by atoms with Crippen LogP contribution < -0.4 is 15.8 Å². The zero-order valence-corrected chi connectivity index (χ0v) is 15.3. The fourth-order valence-corrected chi connectivity index (χ4v) is 4.71. The van der Waals surface area contributed by atoms with Crippen LogP contribution in [0.1, 0.15) is 28.9 Å². The van der Waals surface area contributed by atoms with E-state index in [1.807, 2.05) is 12.1 Å². The number of carbonyl (C=O) groups is 1. The van der Waals surface area contributed by atoms with Gasteiger partial charge >= 0.3 is 10.2 Å². The molecular formula is C18H22N4O3S. The highest BCUT2D eigenvalue weighted by Crippen LogP contribution is 2.44. The highest BCUT2D eigenvalue weighted by Gasteiger charge is 2.48. The van der Waals surface area contributed by atoms with Gasteiger partial charge in [0.25, 0.3) is 5.91 Å². The maximum Gasteiger partial charge on any atom is 0.302 e. The van der Waals surface area contributed by atoms with Crippen LogP contribution in [0.5, 0.6) is 0 Å². The van der Waals surface area contributed by atoms with E-state index in [9.17, 15) is 13.2 Å². The van der Waals surface area contributed by atoms with Crippen molar-refractivity contribution in [2.24, 2.45) is 10.6 Å². The quantitative estimate of drug-likeness (QED) is 0.742. The lowest BCUT2D eigenvalue weighted by Crippen LogP contribution is -2.65. The zero-order chi connectivity index (χ0) is 18.5. The number of nitrogens with two attached hydrogens (primary N) is 1. The second-order valence-corrected chi connectivity index (χ2v) is 8.84. The number of carbonyl (C=O) groups excluding carboxylic acids is 1. The predicted octanol–water partition coefficient (Wildman–Crippen LogP) is 0.997. The molecule has 4 N–H and O–H groups in total. The number of benzene rings is 1. The summed E-state index contributed by atoms with van der Waals surface area (Å²) in [5.41, 5.74) is 3.17. The second-order valence-electron chi connectivity index (χ2n) is 7.42. The molecule has 0 atom stereocenters. The van der Waals surface area contributed by atoms with Crippen molar-refractivity contribution in [3.05, 3.63) is 47.8 Å². The molecule has 0 unspecified atom stereocenters. The number of hydrogen-bond acceptors (Lipinski definition) is 4. The molecule has 1 saturated heterocycles. The normalized spacial score (nSPS) is 19.0. The van der Waals surface area contributed by atoms with Gasteiger partial charge in [0.2, 0.25) is 0 Å². The molecular weight excluding hydrogens is 352 g/mol. The molecule has 138 valence electrons. The number of rotatable bonds is 4. The van der Waals surface area contributed by atoms with Crippen molar-refractivity contribution in [1.29, 1.82) is 0 Å². The summed E-state index contributed by atoms with van der Waals surface area (Å²) >= 11 is 0. The minimum atomic E-state index is -3.81. The van der Waals surface area contributed by atoms with Crippen molar-refractivity contribution in [2.75, 3.05) is 13.1 Å². The Labute approximate surface area is 152 Å². The molecule has 2 fully saturated rings. The van der Waals surface area contributed by atoms with Gasteiger partial charge in [-0.25, -0.2) is 9.11 Å². The van der Waals surface area contributed by atoms with E-state index in [0.717, 1.165) is 41.0 Å². The Morgan fingerprint density at radius 3 is 2.38 bits per heavy atom. The van der Waals surface area contributed by atoms with Crippen LogP contribution in [0.4, 0.5) is 0 Å². The first kappa shape index (κ1) is 17.3. The van der Waals surface area contributed by atoms with Crippen LogP contribution in [0, 0.1) is 12.3 Å². The van der Waals surface area contributed by atoms with Crippen LogP contribution in [-0.2, 0) is 10.2 Å². The van der Waals surface area contributed by atoms with E-state index in [-0.39, 0.29) is 11.9 Å². The maximum absolute atomic E-state index is 12.4. The van der Waals surface area contributed by atoms with Gasteiger partial charge < -0.3 is 10.6 Å². The van der Waals surface area contributed by atoms with Crippen molar-refractivity contribution in [3.63, 3.8) is 0 Å². The molecule has 7 nitrogen and oxygen atoms in total. The van der Waals surface area contributed by atoms with E-state index in [1.54, 1.807) is 25.1 Å². The molecule has 1 amide bonds. The van der Waals surface area contributed by atoms with Crippen LogP contribution in [0.2, 0.25) is 0 Å². The molecule has 1 saturated carbocycles. The highest BCUT2D eigenvalue weighted by molar-refractivity contribution is 7.87. The number of nitrogens with one attached hydrogen (secondary N) is 2. The Hall–Kier alpha value is -2.16. The van der Waals surface area contributed by atoms with Gasteiger partial charge in [-0.2, -0.15) is 8.42 Å². The average molecular weight is 374 g/mol. The van der Waals surface area contributed by atoms with Gasteiger partial charge in [-0.05, 0) is 48.9 Å². The molecule has 1 aromatic carbocycles. The number of nitrogens with zero attached hydrogens (tertiary/aromatic N) is 1. The Kier molecular flexibility index (Phi) is 3.94. The van der Waals surface area contributed by atoms with Crippen LogP contribution in [0.3, 0.4) is 0 Å². The molecule has 4 rings (SSSR count). The molecule has 2 aromatic rings. The average Bonchev–Trinajstić information content (AvgIpc) is 2.90. The lowest BCUT2D eigenvalue weighted by atomic mass is 9.61. The summed E-state index contributed by atoms with van der Waals surface area (Å²) in [4.78, 5) is 12.4. The number of hydrogen-bond donors (Lipinski definition) is 3. The zero-order valence-electron chi connectivity index (χ0n) is 14.5. The first-order chi connectivity index (χ1) is 12.3. The van der Waals surface area contributed by atoms with Crippen LogP contribution in [-0.4, -0.2) is 37.4 Å². The second kappa shape index (κ2) is 5.94. The van der Waals surface area contributed by atoms with Crippen LogP contribution in [0.15, 0.2) is 36.5 Å². The third-order valence-electron chi connectivity index (χ3n) is 5.52. The fourth-order valence-electron chi connectivity index (χ4n) is 4.00. The van der Waals surface area contributed by atoms with Gasteiger partial charge in [0, 0.05) is 42.1 Å². The van der Waals surface area contributed by atoms with Crippen molar-refractivity contribution >= 4 is 16.1 Å². The topological polar surface area (TPSA) is 106 Å². The van der Waals surface area contributed by atoms with E-state index in [4.69, 9.17) is 5.14 Å². The third kappa shape index (κ3) is 2.94. The Morgan fingerprint density at radius 2 is 1.88 bits per heavy atom. The van der Waals surface area contributed by atoms with Crippen LogP contribution >= 0.6 is 0 Å². The highest BCUT2D eigenvalue weighted by atomic mass is 32.2. The number of amides is 1. The van der Waals surface area contributed by atoms with E-state index < -0.39 is 10.2 Å². The minimum absolute atomic E-state index is 0.0671. The Bertz CT molecular complexity index is 951. The SMILES string of the molecule is Cc1c(-c2ccc(C(=O)NC3CC4(CNC4)C3)cc2)ccn1S(N)(=O)=O. The summed E-state index contributed by atoms with van der Waals surface area (Å²) in [5, 5.41) is 11.6. The lowest BCUT2D eigenvalue weighted by molar-refractivity contribution is 0.0232. The van der Waals surface area contributed by atoms with E-state index >= 15 is 0 Å². The molecule has 2 aliphatic rings. The molecule has 1 aliphatic carbocycles. The van der Waals surface area contributed by atoms with Crippen LogP contribution in [0.25, 0.3) is 11.1 Å². The van der Waals surface area contributed by atoms with Gasteiger partial charge in [0.05, 0.1) is 0 Å². The van der Waals surface area contributed by atoms with E-state index in [2.05, 4.69) is 10.6 Å². The van der Waals surface area contributed by atoms with Gasteiger partial charge in [-0.15, -0.1) is 0 Å². The van der Waals surface area contributed by atoms with E-state index in [0.29, 0.717) is 16.7 Å². The van der Waals surface area contributed by atoms with Gasteiger partial charge in [-0.1, -0.05) is 12.1 Å². The van der Waals surface area contributed by atoms with Crippen molar-refractivity contribution < 1.29 is 13.2 Å². The van der Waals surface area contributed by atoms with Gasteiger partial charge in [-0.3, -0.25) is 4.79 Å². The standard InChI is InChI=1S/C18H22N4O3S/c1-12-16(6-7-22(12)26(19,24)25)13-2-4-14(5-3-13)17(23)21-15-8-18(9-15)10-20-11-18/h2-7,15,20H,8-11H2,1H3,(H,21,23)(H2,19,24,25). The maximum atomic E-state index is 12.4. The lowest BCUT2D eigenvalue weighted by Gasteiger charge is -2.54. The molecule has 1 aliphatic heterocycles. The Morgan fingerprint density at radius 1 is 1.23 bits per heavy atom. The summed E-state index contributed by atoms with van der Waals surface area (Å²) in [6.07, 6.45) is 3.52. The monoisotopic (exact) mass is 374 g/mol. The molecule has 1 spiro atoms. The molecule has 0 bridgehead atoms. The summed E-state index contributed by atoms with van der Waals surface area (Å²) in [5.74, 6) is -0.0671. The summed E-state index contributed by atoms with van der Waals surface area (Å²) in [7, 11) is -3.81. The van der Waals surface area contributed by atoms with Crippen molar-refractivity contribution in [3.8, 4) is 11.1 Å². The summed E-state index contributed by atoms with van der Waals surface area (Å²) < 4.78 is 24.1. The smallest absolute Gasteiger partial charge is 0.302 e. The third-order valence-corrected chi connectivity index (χ3v) is 6.47. The minimum Gasteiger partial charge on any atom is -0.349 e. The molecule has 2 heterocycles. The first-order valence-electron chi connectivity index (χ1n) is 8.61. The van der Waals surface area contributed by atoms with Gasteiger partial charge in [0.15, 0.2) is 0 Å². The van der Waals surface area contributed by atoms with Gasteiger partial charge in [0.1, 0.15) is 0 Å².